The van der Waals surface area contributed by atoms with E-state index in [1.807, 2.05) is 0 Å². The Morgan fingerprint density at radius 1 is 0.857 bits per heavy atom. The Morgan fingerprint density at radius 2 is 1.46 bits per heavy atom. The summed E-state index contributed by atoms with van der Waals surface area (Å²) in [5, 5.41) is 0. The quantitative estimate of drug-likeness (QED) is 0.644. The first-order valence-electron chi connectivity index (χ1n) is 8.68. The second-order valence-corrected chi connectivity index (χ2v) is 6.34. The van der Waals surface area contributed by atoms with Crippen molar-refractivity contribution < 1.29 is 27.4 Å². The first-order chi connectivity index (χ1) is 13.3. The molecule has 0 unspecified atom stereocenters. The van der Waals surface area contributed by atoms with Gasteiger partial charge >= 0.3 is 6.18 Å². The Kier molecular flexibility index (Phi) is 5.58. The number of hydrogen-bond donors (Lipinski definition) is 0. The second kappa shape index (κ2) is 7.92. The standard InChI is InChI=1S/C22H19F3O3/c1-27-19-9-5-7-17(21(19)28-2)13-16-11-10-15(20(16)26)12-14-6-3-4-8-18(14)22(23,24)25/h3-9,12-13H,10-11H2,1-2H3/b15-12+,16-13+. The zero-order valence-corrected chi connectivity index (χ0v) is 15.5. The van der Waals surface area contributed by atoms with Crippen molar-refractivity contribution in [2.75, 3.05) is 14.2 Å². The number of carbonyl (C=O) groups excluding carboxylic acids is 1. The van der Waals surface area contributed by atoms with Crippen LogP contribution in [0.4, 0.5) is 13.2 Å². The van der Waals surface area contributed by atoms with Crippen LogP contribution in [0.1, 0.15) is 29.5 Å². The SMILES string of the molecule is COc1cccc(/C=C2\CC/C(=C\c3ccccc3C(F)(F)F)C2=O)c1OC. The van der Waals surface area contributed by atoms with Crippen molar-refractivity contribution in [2.45, 2.75) is 19.0 Å². The fourth-order valence-corrected chi connectivity index (χ4v) is 3.26. The molecule has 0 spiro atoms. The van der Waals surface area contributed by atoms with Gasteiger partial charge in [0.25, 0.3) is 0 Å². The maximum atomic E-state index is 13.2. The van der Waals surface area contributed by atoms with E-state index >= 15 is 0 Å². The van der Waals surface area contributed by atoms with Crippen LogP contribution in [-0.2, 0) is 11.0 Å². The van der Waals surface area contributed by atoms with Crippen LogP contribution in [0.3, 0.4) is 0 Å². The van der Waals surface area contributed by atoms with Crippen LogP contribution >= 0.6 is 0 Å². The van der Waals surface area contributed by atoms with Crippen LogP contribution in [0.2, 0.25) is 0 Å². The molecule has 2 aromatic carbocycles. The fourth-order valence-electron chi connectivity index (χ4n) is 3.26. The largest absolute Gasteiger partial charge is 0.493 e. The summed E-state index contributed by atoms with van der Waals surface area (Å²) in [7, 11) is 3.03. The molecule has 1 saturated carbocycles. The lowest BCUT2D eigenvalue weighted by Crippen LogP contribution is -2.07. The van der Waals surface area contributed by atoms with Crippen molar-refractivity contribution in [3.05, 3.63) is 70.3 Å². The average Bonchev–Trinajstić information content (AvgIpc) is 3.01. The molecule has 0 aromatic heterocycles. The molecular weight excluding hydrogens is 369 g/mol. The van der Waals surface area contributed by atoms with Gasteiger partial charge in [0.15, 0.2) is 17.3 Å². The molecule has 28 heavy (non-hydrogen) atoms. The van der Waals surface area contributed by atoms with E-state index in [1.165, 1.54) is 38.5 Å². The van der Waals surface area contributed by atoms with Gasteiger partial charge in [-0.1, -0.05) is 30.3 Å². The van der Waals surface area contributed by atoms with Crippen molar-refractivity contribution in [1.82, 2.24) is 0 Å². The molecule has 1 aliphatic rings. The molecule has 3 nitrogen and oxygen atoms in total. The fraction of sp³-hybridized carbons (Fsp3) is 0.227. The number of allylic oxidation sites excluding steroid dienone is 2. The van der Waals surface area contributed by atoms with Gasteiger partial charge in [-0.05, 0) is 42.7 Å². The Hall–Kier alpha value is -3.02. The number of Topliss-reactive ketones (excluding diaryl/α,β-unsaturated/α-hetero) is 1. The Bertz CT molecular complexity index is 956. The number of halogens is 3. The van der Waals surface area contributed by atoms with Gasteiger partial charge in [-0.2, -0.15) is 13.2 Å². The molecule has 1 aliphatic carbocycles. The van der Waals surface area contributed by atoms with Crippen LogP contribution in [0, 0.1) is 0 Å². The second-order valence-electron chi connectivity index (χ2n) is 6.34. The number of ether oxygens (including phenoxy) is 2. The summed E-state index contributed by atoms with van der Waals surface area (Å²) in [6, 6.07) is 10.6. The molecule has 0 atom stereocenters. The zero-order valence-electron chi connectivity index (χ0n) is 15.5. The van der Waals surface area contributed by atoms with Crippen LogP contribution in [-0.4, -0.2) is 20.0 Å². The van der Waals surface area contributed by atoms with Gasteiger partial charge in [-0.25, -0.2) is 0 Å². The average molecular weight is 388 g/mol. The normalized spacial score (nSPS) is 17.4. The van der Waals surface area contributed by atoms with Gasteiger partial charge in [0.2, 0.25) is 0 Å². The summed E-state index contributed by atoms with van der Waals surface area (Å²) in [6.45, 7) is 0. The lowest BCUT2D eigenvalue weighted by molar-refractivity contribution is -0.137. The van der Waals surface area contributed by atoms with Crippen LogP contribution < -0.4 is 9.47 Å². The van der Waals surface area contributed by atoms with E-state index in [1.54, 1.807) is 24.3 Å². The van der Waals surface area contributed by atoms with Crippen molar-refractivity contribution in [1.29, 1.82) is 0 Å². The van der Waals surface area contributed by atoms with Crippen LogP contribution in [0.25, 0.3) is 12.2 Å². The third kappa shape index (κ3) is 3.96. The Balaban J connectivity index is 1.95. The van der Waals surface area contributed by atoms with E-state index < -0.39 is 11.7 Å². The van der Waals surface area contributed by atoms with Gasteiger partial charge in [0, 0.05) is 16.7 Å². The summed E-state index contributed by atoms with van der Waals surface area (Å²) in [5.74, 6) is 0.796. The lowest BCUT2D eigenvalue weighted by Gasteiger charge is -2.10. The van der Waals surface area contributed by atoms with E-state index in [4.69, 9.17) is 9.47 Å². The van der Waals surface area contributed by atoms with Crippen molar-refractivity contribution >= 4 is 17.9 Å². The minimum atomic E-state index is -4.47. The highest BCUT2D eigenvalue weighted by Crippen LogP contribution is 2.37. The lowest BCUT2D eigenvalue weighted by atomic mass is 10.0. The number of benzene rings is 2. The molecule has 0 amide bonds. The first-order valence-corrected chi connectivity index (χ1v) is 8.68. The summed E-state index contributed by atoms with van der Waals surface area (Å²) < 4.78 is 50.2. The molecule has 1 fully saturated rings. The van der Waals surface area contributed by atoms with Crippen LogP contribution in [0.15, 0.2) is 53.6 Å². The highest BCUT2D eigenvalue weighted by Gasteiger charge is 2.33. The zero-order chi connectivity index (χ0) is 20.3. The summed E-state index contributed by atoms with van der Waals surface area (Å²) in [4.78, 5) is 12.7. The van der Waals surface area contributed by atoms with E-state index in [-0.39, 0.29) is 11.3 Å². The summed E-state index contributed by atoms with van der Waals surface area (Å²) in [5.41, 5.74) is 0.829. The maximum Gasteiger partial charge on any atom is 0.416 e. The van der Waals surface area contributed by atoms with E-state index in [0.717, 1.165) is 6.07 Å². The van der Waals surface area contributed by atoms with Crippen LogP contribution in [0.5, 0.6) is 11.5 Å². The van der Waals surface area contributed by atoms with Crippen molar-refractivity contribution in [3.63, 3.8) is 0 Å². The predicted octanol–water partition coefficient (Wildman–Crippen LogP) is 5.55. The molecule has 0 bridgehead atoms. The molecule has 6 heteroatoms. The smallest absolute Gasteiger partial charge is 0.416 e. The van der Waals surface area contributed by atoms with Gasteiger partial charge in [0.05, 0.1) is 19.8 Å². The molecule has 3 rings (SSSR count). The van der Waals surface area contributed by atoms with Crippen molar-refractivity contribution in [3.8, 4) is 11.5 Å². The minimum absolute atomic E-state index is 0.00133. The molecule has 2 aromatic rings. The number of hydrogen-bond acceptors (Lipinski definition) is 3. The number of carbonyl (C=O) groups is 1. The molecule has 0 aliphatic heterocycles. The van der Waals surface area contributed by atoms with Crippen molar-refractivity contribution in [2.24, 2.45) is 0 Å². The third-order valence-electron chi connectivity index (χ3n) is 4.61. The summed E-state index contributed by atoms with van der Waals surface area (Å²) in [6.07, 6.45) is -0.570. The highest BCUT2D eigenvalue weighted by atomic mass is 19.4. The van der Waals surface area contributed by atoms with Gasteiger partial charge in [0.1, 0.15) is 0 Å². The van der Waals surface area contributed by atoms with E-state index in [9.17, 15) is 18.0 Å². The number of methoxy groups -OCH3 is 2. The molecule has 146 valence electrons. The maximum absolute atomic E-state index is 13.2. The van der Waals surface area contributed by atoms with Gasteiger partial charge in [-0.15, -0.1) is 0 Å². The van der Waals surface area contributed by atoms with E-state index in [0.29, 0.717) is 41.1 Å². The number of ketones is 1. The Labute approximate surface area is 161 Å². The third-order valence-corrected chi connectivity index (χ3v) is 4.61. The van der Waals surface area contributed by atoms with Gasteiger partial charge < -0.3 is 9.47 Å². The van der Waals surface area contributed by atoms with Gasteiger partial charge in [-0.3, -0.25) is 4.79 Å². The minimum Gasteiger partial charge on any atom is -0.493 e. The number of rotatable bonds is 4. The molecule has 0 radical (unpaired) electrons. The van der Waals surface area contributed by atoms with E-state index in [2.05, 4.69) is 0 Å². The molecular formula is C22H19F3O3. The topological polar surface area (TPSA) is 35.5 Å². The number of alkyl halides is 3. The first kappa shape index (κ1) is 19.7. The molecule has 0 N–H and O–H groups in total. The highest BCUT2D eigenvalue weighted by molar-refractivity contribution is 6.15. The monoisotopic (exact) mass is 388 g/mol. The molecule has 0 heterocycles. The number of para-hydroxylation sites is 1. The Morgan fingerprint density at radius 3 is 2.07 bits per heavy atom. The molecule has 0 saturated heterocycles. The summed E-state index contributed by atoms with van der Waals surface area (Å²) >= 11 is 0. The predicted molar refractivity (Wildman–Crippen MR) is 101 cm³/mol.